The van der Waals surface area contributed by atoms with E-state index in [1.165, 1.54) is 15.6 Å². The summed E-state index contributed by atoms with van der Waals surface area (Å²) in [4.78, 5) is 11.2. The lowest BCUT2D eigenvalue weighted by molar-refractivity contribution is -0.146. The molecule has 90 valence electrons. The predicted octanol–water partition coefficient (Wildman–Crippen LogP) is 3.86. The molecule has 0 bridgehead atoms. The molecule has 3 heteroatoms. The molecule has 0 saturated carbocycles. The zero-order chi connectivity index (χ0) is 12.6. The molecule has 0 saturated heterocycles. The van der Waals surface area contributed by atoms with Gasteiger partial charge >= 0.3 is 5.97 Å². The van der Waals surface area contributed by atoms with Crippen molar-refractivity contribution in [1.82, 2.24) is 0 Å². The summed E-state index contributed by atoms with van der Waals surface area (Å²) in [6, 6.07) is 6.33. The van der Waals surface area contributed by atoms with E-state index in [9.17, 15) is 9.90 Å². The van der Waals surface area contributed by atoms with E-state index in [1.807, 2.05) is 0 Å². The molecule has 0 atom stereocenters. The number of fused-ring (bicyclic) bond motifs is 1. The van der Waals surface area contributed by atoms with Gasteiger partial charge < -0.3 is 5.11 Å². The van der Waals surface area contributed by atoms with Crippen LogP contribution < -0.4 is 0 Å². The highest BCUT2D eigenvalue weighted by Gasteiger charge is 2.28. The van der Waals surface area contributed by atoms with E-state index in [0.717, 1.165) is 5.56 Å². The Morgan fingerprint density at radius 1 is 1.41 bits per heavy atom. The molecule has 1 N–H and O–H groups in total. The van der Waals surface area contributed by atoms with E-state index >= 15 is 0 Å². The van der Waals surface area contributed by atoms with Gasteiger partial charge in [-0.1, -0.05) is 17.7 Å². The van der Waals surface area contributed by atoms with Crippen LogP contribution in [0, 0.1) is 12.3 Å². The fourth-order valence-electron chi connectivity index (χ4n) is 1.88. The van der Waals surface area contributed by atoms with Crippen LogP contribution in [-0.2, 0) is 11.2 Å². The van der Waals surface area contributed by atoms with Crippen molar-refractivity contribution in [1.29, 1.82) is 0 Å². The molecule has 1 aromatic heterocycles. The lowest BCUT2D eigenvalue weighted by Crippen LogP contribution is -2.26. The van der Waals surface area contributed by atoms with E-state index in [2.05, 4.69) is 30.5 Å². The van der Waals surface area contributed by atoms with Crippen LogP contribution in [0.2, 0.25) is 0 Å². The van der Waals surface area contributed by atoms with Crippen molar-refractivity contribution in [3.8, 4) is 0 Å². The third-order valence-corrected chi connectivity index (χ3v) is 4.03. The van der Waals surface area contributed by atoms with Crippen molar-refractivity contribution in [3.63, 3.8) is 0 Å². The molecule has 0 amide bonds. The van der Waals surface area contributed by atoms with Crippen LogP contribution in [0.5, 0.6) is 0 Å². The van der Waals surface area contributed by atoms with E-state index in [4.69, 9.17) is 0 Å². The second-order valence-corrected chi connectivity index (χ2v) is 6.04. The maximum atomic E-state index is 11.2. The normalized spacial score (nSPS) is 11.9. The van der Waals surface area contributed by atoms with Gasteiger partial charge in [0.2, 0.25) is 0 Å². The van der Waals surface area contributed by atoms with Gasteiger partial charge in [0.25, 0.3) is 0 Å². The number of benzene rings is 1. The summed E-state index contributed by atoms with van der Waals surface area (Å²) >= 11 is 1.68. The van der Waals surface area contributed by atoms with Crippen molar-refractivity contribution in [2.24, 2.45) is 5.41 Å². The Bertz CT molecular complexity index is 567. The fourth-order valence-corrected chi connectivity index (χ4v) is 2.83. The third-order valence-electron chi connectivity index (χ3n) is 3.02. The summed E-state index contributed by atoms with van der Waals surface area (Å²) in [7, 11) is 0. The van der Waals surface area contributed by atoms with Crippen molar-refractivity contribution in [3.05, 3.63) is 34.7 Å². The van der Waals surface area contributed by atoms with Crippen LogP contribution >= 0.6 is 11.3 Å². The van der Waals surface area contributed by atoms with Crippen LogP contribution in [0.15, 0.2) is 23.6 Å². The number of aryl methyl sites for hydroxylation is 1. The quantitative estimate of drug-likeness (QED) is 0.895. The van der Waals surface area contributed by atoms with E-state index < -0.39 is 11.4 Å². The minimum absolute atomic E-state index is 0.575. The highest BCUT2D eigenvalue weighted by Crippen LogP contribution is 2.32. The molecular weight excluding hydrogens is 232 g/mol. The first-order valence-electron chi connectivity index (χ1n) is 5.60. The minimum atomic E-state index is -0.746. The number of hydrogen-bond donors (Lipinski definition) is 1. The van der Waals surface area contributed by atoms with Gasteiger partial charge in [-0.15, -0.1) is 11.3 Å². The monoisotopic (exact) mass is 248 g/mol. The number of aliphatic carboxylic acids is 1. The minimum Gasteiger partial charge on any atom is -0.481 e. The first kappa shape index (κ1) is 12.1. The summed E-state index contributed by atoms with van der Waals surface area (Å²) in [5.74, 6) is -0.746. The molecule has 0 aliphatic heterocycles. The molecule has 1 heterocycles. The summed E-state index contributed by atoms with van der Waals surface area (Å²) in [5.41, 5.74) is 1.64. The van der Waals surface area contributed by atoms with Gasteiger partial charge in [-0.3, -0.25) is 4.79 Å². The maximum absolute atomic E-state index is 11.2. The molecule has 0 unspecified atom stereocenters. The number of carboxylic acid groups (broad SMARTS) is 1. The highest BCUT2D eigenvalue weighted by molar-refractivity contribution is 7.17. The number of carbonyl (C=O) groups is 1. The molecular formula is C14H16O2S. The van der Waals surface area contributed by atoms with Gasteiger partial charge in [-0.25, -0.2) is 0 Å². The van der Waals surface area contributed by atoms with Crippen LogP contribution in [0.25, 0.3) is 10.1 Å². The molecule has 0 fully saturated rings. The lowest BCUT2D eigenvalue weighted by Gasteiger charge is -2.18. The second-order valence-electron chi connectivity index (χ2n) is 5.13. The Labute approximate surface area is 105 Å². The van der Waals surface area contributed by atoms with E-state index in [0.29, 0.717) is 6.42 Å². The van der Waals surface area contributed by atoms with Gasteiger partial charge in [0.1, 0.15) is 0 Å². The molecule has 1 aromatic carbocycles. The SMILES string of the molecule is Cc1ccc2scc(CC(C)(C)C(=O)O)c2c1. The van der Waals surface area contributed by atoms with Crippen LogP contribution in [0.4, 0.5) is 0 Å². The van der Waals surface area contributed by atoms with Gasteiger partial charge in [-0.2, -0.15) is 0 Å². The number of thiophene rings is 1. The highest BCUT2D eigenvalue weighted by atomic mass is 32.1. The summed E-state index contributed by atoms with van der Waals surface area (Å²) in [5, 5.41) is 12.4. The van der Waals surface area contributed by atoms with Crippen LogP contribution in [-0.4, -0.2) is 11.1 Å². The summed E-state index contributed by atoms with van der Waals surface area (Å²) in [6.45, 7) is 5.60. The number of rotatable bonds is 3. The number of hydrogen-bond acceptors (Lipinski definition) is 2. The standard InChI is InChI=1S/C14H16O2S/c1-9-4-5-12-11(6-9)10(8-17-12)7-14(2,3)13(15)16/h4-6,8H,7H2,1-3H3,(H,15,16). The largest absolute Gasteiger partial charge is 0.481 e. The molecule has 2 nitrogen and oxygen atoms in total. The van der Waals surface area contributed by atoms with E-state index in [-0.39, 0.29) is 0 Å². The Hall–Kier alpha value is -1.35. The van der Waals surface area contributed by atoms with Crippen molar-refractivity contribution < 1.29 is 9.90 Å². The van der Waals surface area contributed by atoms with Gasteiger partial charge in [0.15, 0.2) is 0 Å². The average Bonchev–Trinajstić information content (AvgIpc) is 2.60. The predicted molar refractivity (Wildman–Crippen MR) is 71.7 cm³/mol. The Morgan fingerprint density at radius 3 is 2.76 bits per heavy atom. The molecule has 0 spiro atoms. The lowest BCUT2D eigenvalue weighted by atomic mass is 9.86. The van der Waals surface area contributed by atoms with Crippen molar-refractivity contribution in [2.75, 3.05) is 0 Å². The summed E-state index contributed by atoms with van der Waals surface area (Å²) < 4.78 is 1.23. The number of carboxylic acids is 1. The van der Waals surface area contributed by atoms with Gasteiger partial charge in [0.05, 0.1) is 5.41 Å². The smallest absolute Gasteiger partial charge is 0.309 e. The second kappa shape index (κ2) is 4.15. The molecule has 0 radical (unpaired) electrons. The van der Waals surface area contributed by atoms with Crippen molar-refractivity contribution in [2.45, 2.75) is 27.2 Å². The van der Waals surface area contributed by atoms with Crippen LogP contribution in [0.3, 0.4) is 0 Å². The Kier molecular flexibility index (Phi) is 2.96. The summed E-state index contributed by atoms with van der Waals surface area (Å²) in [6.07, 6.45) is 0.575. The third kappa shape index (κ3) is 2.34. The zero-order valence-corrected chi connectivity index (χ0v) is 11.1. The van der Waals surface area contributed by atoms with Gasteiger partial charge in [-0.05, 0) is 49.6 Å². The average molecular weight is 248 g/mol. The van der Waals surface area contributed by atoms with E-state index in [1.54, 1.807) is 25.2 Å². The topological polar surface area (TPSA) is 37.3 Å². The first-order valence-corrected chi connectivity index (χ1v) is 6.48. The maximum Gasteiger partial charge on any atom is 0.309 e. The molecule has 0 aliphatic rings. The fraction of sp³-hybridized carbons (Fsp3) is 0.357. The molecule has 17 heavy (non-hydrogen) atoms. The first-order chi connectivity index (χ1) is 7.90. The Balaban J connectivity index is 2.43. The molecule has 0 aliphatic carbocycles. The molecule has 2 rings (SSSR count). The Morgan fingerprint density at radius 2 is 2.12 bits per heavy atom. The van der Waals surface area contributed by atoms with Crippen LogP contribution in [0.1, 0.15) is 25.0 Å². The zero-order valence-electron chi connectivity index (χ0n) is 10.3. The van der Waals surface area contributed by atoms with Crippen molar-refractivity contribution >= 4 is 27.4 Å². The van der Waals surface area contributed by atoms with Gasteiger partial charge in [0, 0.05) is 4.70 Å². The molecule has 2 aromatic rings.